The summed E-state index contributed by atoms with van der Waals surface area (Å²) in [5.74, 6) is 0. The predicted molar refractivity (Wildman–Crippen MR) is 83.3 cm³/mol. The highest BCUT2D eigenvalue weighted by molar-refractivity contribution is 9.10. The number of hydrogen-bond donors (Lipinski definition) is 0. The van der Waals surface area contributed by atoms with E-state index >= 15 is 0 Å². The van der Waals surface area contributed by atoms with Gasteiger partial charge in [-0.05, 0) is 44.0 Å². The van der Waals surface area contributed by atoms with Gasteiger partial charge in [-0.2, -0.15) is 0 Å². The Hall–Kier alpha value is -0.380. The summed E-state index contributed by atoms with van der Waals surface area (Å²) in [4.78, 5) is 5.36. The minimum Gasteiger partial charge on any atom is -0.298 e. The highest BCUT2D eigenvalue weighted by atomic mass is 79.9. The summed E-state index contributed by atoms with van der Waals surface area (Å²) in [5.41, 5.74) is 1.43. The van der Waals surface area contributed by atoms with Crippen molar-refractivity contribution in [3.05, 3.63) is 34.3 Å². The van der Waals surface area contributed by atoms with E-state index in [1.807, 2.05) is 0 Å². The second-order valence-corrected chi connectivity index (χ2v) is 6.83. The molecule has 0 spiro atoms. The van der Waals surface area contributed by atoms with E-state index in [-0.39, 0.29) is 0 Å². The van der Waals surface area contributed by atoms with E-state index in [0.29, 0.717) is 6.04 Å². The van der Waals surface area contributed by atoms with E-state index < -0.39 is 0 Å². The molecule has 2 fully saturated rings. The fourth-order valence-electron chi connectivity index (χ4n) is 3.51. The lowest BCUT2D eigenvalue weighted by molar-refractivity contribution is 0.0307. The lowest BCUT2D eigenvalue weighted by atomic mass is 9.97. The number of piperidine rings is 1. The third-order valence-corrected chi connectivity index (χ3v) is 5.24. The maximum atomic E-state index is 3.58. The summed E-state index contributed by atoms with van der Waals surface area (Å²) < 4.78 is 1.19. The van der Waals surface area contributed by atoms with Crippen molar-refractivity contribution in [2.45, 2.75) is 38.3 Å². The molecule has 0 N–H and O–H groups in total. The number of nitrogens with zero attached hydrogens (tertiary/aromatic N) is 2. The van der Waals surface area contributed by atoms with Crippen LogP contribution < -0.4 is 0 Å². The van der Waals surface area contributed by atoms with Crippen LogP contribution in [-0.4, -0.2) is 42.0 Å². The highest BCUT2D eigenvalue weighted by Gasteiger charge is 2.31. The molecule has 2 heterocycles. The number of hydrogen-bond acceptors (Lipinski definition) is 2. The van der Waals surface area contributed by atoms with Crippen LogP contribution in [0, 0.1) is 0 Å². The number of fused-ring (bicyclic) bond motifs is 1. The van der Waals surface area contributed by atoms with Crippen molar-refractivity contribution in [3.63, 3.8) is 0 Å². The molecule has 2 saturated heterocycles. The van der Waals surface area contributed by atoms with Crippen molar-refractivity contribution in [1.29, 1.82) is 0 Å². The van der Waals surface area contributed by atoms with Gasteiger partial charge in [0.1, 0.15) is 0 Å². The Balaban J connectivity index is 1.69. The maximum absolute atomic E-state index is 3.58. The minimum absolute atomic E-state index is 0.529. The van der Waals surface area contributed by atoms with Crippen molar-refractivity contribution in [2.75, 3.05) is 26.2 Å². The Bertz CT molecular complexity index is 435. The van der Waals surface area contributed by atoms with Gasteiger partial charge < -0.3 is 0 Å². The van der Waals surface area contributed by atoms with Crippen LogP contribution in [0.1, 0.15) is 37.8 Å². The number of piperazine rings is 1. The van der Waals surface area contributed by atoms with Crippen LogP contribution in [0.2, 0.25) is 0 Å². The molecule has 0 saturated carbocycles. The van der Waals surface area contributed by atoms with Crippen molar-refractivity contribution in [2.24, 2.45) is 0 Å². The van der Waals surface area contributed by atoms with Crippen LogP contribution >= 0.6 is 15.9 Å². The Morgan fingerprint density at radius 1 is 1.21 bits per heavy atom. The topological polar surface area (TPSA) is 6.48 Å². The Morgan fingerprint density at radius 3 is 2.95 bits per heavy atom. The summed E-state index contributed by atoms with van der Waals surface area (Å²) in [5, 5.41) is 0. The zero-order valence-corrected chi connectivity index (χ0v) is 13.3. The molecule has 2 atom stereocenters. The molecule has 3 heteroatoms. The largest absolute Gasteiger partial charge is 0.298 e. The molecular formula is C16H23BrN2. The number of benzene rings is 1. The van der Waals surface area contributed by atoms with Crippen LogP contribution in [0.5, 0.6) is 0 Å². The molecule has 2 aliphatic rings. The van der Waals surface area contributed by atoms with Crippen LogP contribution in [0.3, 0.4) is 0 Å². The van der Waals surface area contributed by atoms with E-state index in [0.717, 1.165) is 6.04 Å². The van der Waals surface area contributed by atoms with E-state index in [1.165, 1.54) is 55.5 Å². The number of halogens is 1. The molecule has 104 valence electrons. The first-order valence-corrected chi connectivity index (χ1v) is 8.27. The smallest absolute Gasteiger partial charge is 0.0321 e. The summed E-state index contributed by atoms with van der Waals surface area (Å²) in [7, 11) is 0. The minimum atomic E-state index is 0.529. The second kappa shape index (κ2) is 5.94. The molecule has 0 radical (unpaired) electrons. The Morgan fingerprint density at radius 2 is 2.11 bits per heavy atom. The molecule has 1 aromatic rings. The normalized spacial score (nSPS) is 26.9. The number of rotatable bonds is 2. The van der Waals surface area contributed by atoms with Gasteiger partial charge in [-0.3, -0.25) is 9.80 Å². The molecule has 3 rings (SSSR count). The molecule has 0 aromatic heterocycles. The quantitative estimate of drug-likeness (QED) is 0.819. The Kier molecular flexibility index (Phi) is 4.25. The van der Waals surface area contributed by atoms with Crippen molar-refractivity contribution in [3.8, 4) is 0 Å². The van der Waals surface area contributed by atoms with Gasteiger partial charge in [-0.15, -0.1) is 0 Å². The summed E-state index contributed by atoms with van der Waals surface area (Å²) >= 11 is 3.58. The molecule has 2 nitrogen and oxygen atoms in total. The fraction of sp³-hybridized carbons (Fsp3) is 0.625. The van der Waals surface area contributed by atoms with Gasteiger partial charge in [0, 0.05) is 36.2 Å². The van der Waals surface area contributed by atoms with Gasteiger partial charge in [0.2, 0.25) is 0 Å². The van der Waals surface area contributed by atoms with Gasteiger partial charge in [0.25, 0.3) is 0 Å². The van der Waals surface area contributed by atoms with Crippen molar-refractivity contribution >= 4 is 15.9 Å². The van der Waals surface area contributed by atoms with Crippen LogP contribution in [0.4, 0.5) is 0 Å². The van der Waals surface area contributed by atoms with Gasteiger partial charge in [0.15, 0.2) is 0 Å². The second-order valence-electron chi connectivity index (χ2n) is 5.91. The van der Waals surface area contributed by atoms with Gasteiger partial charge in [-0.25, -0.2) is 0 Å². The van der Waals surface area contributed by atoms with Gasteiger partial charge in [0.05, 0.1) is 0 Å². The van der Waals surface area contributed by atoms with E-state index in [2.05, 4.69) is 56.9 Å². The standard InChI is InChI=1S/C16H23BrN2/c1-13(14-5-4-6-15(17)11-14)19-10-9-18-8-3-2-7-16(18)12-19/h4-6,11,13,16H,2-3,7-10,12H2,1H3/t13-,16+/m0/s1. The monoisotopic (exact) mass is 322 g/mol. The molecule has 0 aliphatic carbocycles. The van der Waals surface area contributed by atoms with Gasteiger partial charge >= 0.3 is 0 Å². The predicted octanol–water partition coefficient (Wildman–Crippen LogP) is 3.68. The highest BCUT2D eigenvalue weighted by Crippen LogP contribution is 2.28. The molecule has 1 aromatic carbocycles. The average molecular weight is 323 g/mol. The molecule has 0 unspecified atom stereocenters. The first-order chi connectivity index (χ1) is 9.24. The molecular weight excluding hydrogens is 300 g/mol. The molecule has 19 heavy (non-hydrogen) atoms. The van der Waals surface area contributed by atoms with Crippen molar-refractivity contribution in [1.82, 2.24) is 9.80 Å². The molecule has 0 bridgehead atoms. The molecule has 0 amide bonds. The first-order valence-electron chi connectivity index (χ1n) is 7.47. The van der Waals surface area contributed by atoms with Crippen LogP contribution in [-0.2, 0) is 0 Å². The first kappa shape index (κ1) is 13.6. The summed E-state index contributed by atoms with van der Waals surface area (Å²) in [6.07, 6.45) is 4.21. The van der Waals surface area contributed by atoms with E-state index in [4.69, 9.17) is 0 Å². The lowest BCUT2D eigenvalue weighted by Gasteiger charge is -2.46. The van der Waals surface area contributed by atoms with Gasteiger partial charge in [-0.1, -0.05) is 34.5 Å². The fourth-order valence-corrected chi connectivity index (χ4v) is 3.93. The van der Waals surface area contributed by atoms with Crippen LogP contribution in [0.15, 0.2) is 28.7 Å². The van der Waals surface area contributed by atoms with Crippen LogP contribution in [0.25, 0.3) is 0 Å². The zero-order chi connectivity index (χ0) is 13.2. The lowest BCUT2D eigenvalue weighted by Crippen LogP contribution is -2.55. The van der Waals surface area contributed by atoms with E-state index in [9.17, 15) is 0 Å². The summed E-state index contributed by atoms with van der Waals surface area (Å²) in [6.45, 7) is 7.38. The summed E-state index contributed by atoms with van der Waals surface area (Å²) in [6, 6.07) is 10.1. The third kappa shape index (κ3) is 3.04. The average Bonchev–Trinajstić information content (AvgIpc) is 2.46. The SMILES string of the molecule is C[C@@H](c1cccc(Br)c1)N1CCN2CCCC[C@@H]2C1. The zero-order valence-electron chi connectivity index (χ0n) is 11.7. The maximum Gasteiger partial charge on any atom is 0.0321 e. The third-order valence-electron chi connectivity index (χ3n) is 4.75. The Labute approximate surface area is 124 Å². The van der Waals surface area contributed by atoms with Crippen molar-refractivity contribution < 1.29 is 0 Å². The van der Waals surface area contributed by atoms with E-state index in [1.54, 1.807) is 0 Å². The molecule has 2 aliphatic heterocycles.